The largest absolute Gasteiger partial charge is 1.00 e. The highest BCUT2D eigenvalue weighted by Crippen LogP contribution is 1.80. The summed E-state index contributed by atoms with van der Waals surface area (Å²) < 4.78 is 0. The van der Waals surface area contributed by atoms with Gasteiger partial charge < -0.3 is 17.0 Å². The number of halogens is 1. The van der Waals surface area contributed by atoms with Crippen LogP contribution in [0.5, 0.6) is 0 Å². The number of rotatable bonds is 1. The van der Waals surface area contributed by atoms with Crippen molar-refractivity contribution < 1.29 is 17.0 Å². The van der Waals surface area contributed by atoms with E-state index in [0.29, 0.717) is 0 Å². The van der Waals surface area contributed by atoms with Gasteiger partial charge in [0.25, 0.3) is 0 Å². The van der Waals surface area contributed by atoms with E-state index >= 15 is 0 Å². The van der Waals surface area contributed by atoms with Gasteiger partial charge in [0.05, 0.1) is 6.16 Å². The molecule has 0 saturated carbocycles. The molecule has 0 nitrogen and oxygen atoms in total. The van der Waals surface area contributed by atoms with Crippen LogP contribution in [0.1, 0.15) is 13.3 Å². The predicted molar refractivity (Wildman–Crippen MR) is 26.3 cm³/mol. The zero-order valence-corrected chi connectivity index (χ0v) is 6.50. The van der Waals surface area contributed by atoms with Gasteiger partial charge in [0.1, 0.15) is 0 Å². The lowest BCUT2D eigenvalue weighted by Crippen LogP contribution is -3.00. The fraction of sp³-hybridized carbons (Fsp3) is 1.00. The second-order valence-corrected chi connectivity index (χ2v) is 1.56. The molecule has 1 atom stereocenters. The Balaban J connectivity index is 0. The molecule has 5 heavy (non-hydrogen) atoms. The Labute approximate surface area is 46.3 Å². The van der Waals surface area contributed by atoms with Gasteiger partial charge in [0.15, 0.2) is 0 Å². The zero-order chi connectivity index (χ0) is 3.41. The topological polar surface area (TPSA) is 0 Å². The van der Waals surface area contributed by atoms with Crippen molar-refractivity contribution in [3.8, 4) is 0 Å². The van der Waals surface area contributed by atoms with Crippen molar-refractivity contribution in [2.24, 2.45) is 0 Å². The van der Waals surface area contributed by atoms with E-state index in [4.69, 9.17) is 0 Å². The van der Waals surface area contributed by atoms with Crippen molar-refractivity contribution in [2.45, 2.75) is 13.3 Å². The van der Waals surface area contributed by atoms with E-state index in [-0.39, 0.29) is 17.0 Å². The molecule has 0 aromatic carbocycles. The second kappa shape index (κ2) is 8.86. The lowest BCUT2D eigenvalue weighted by Gasteiger charge is -1.62. The van der Waals surface area contributed by atoms with Crippen LogP contribution in [0.2, 0.25) is 0 Å². The van der Waals surface area contributed by atoms with Crippen molar-refractivity contribution in [3.05, 3.63) is 0 Å². The summed E-state index contributed by atoms with van der Waals surface area (Å²) in [5.41, 5.74) is 0. The molecule has 34 valence electrons. The summed E-state index contributed by atoms with van der Waals surface area (Å²) in [5.74, 6) is 0. The fourth-order valence-electron chi connectivity index (χ4n) is 0. The van der Waals surface area contributed by atoms with Crippen molar-refractivity contribution in [1.29, 1.82) is 0 Å². The molecule has 0 heterocycles. The van der Waals surface area contributed by atoms with Crippen LogP contribution >= 0.6 is 9.24 Å². The van der Waals surface area contributed by atoms with Crippen molar-refractivity contribution in [1.82, 2.24) is 0 Å². The molecule has 0 aromatic rings. The summed E-state index contributed by atoms with van der Waals surface area (Å²) in [6.45, 7) is 2.19. The summed E-state index contributed by atoms with van der Waals surface area (Å²) in [4.78, 5) is 0. The summed E-state index contributed by atoms with van der Waals surface area (Å²) in [5, 5.41) is 0. The molecular weight excluding hydrogens is 147 g/mol. The molecule has 1 unspecified atom stereocenters. The van der Waals surface area contributed by atoms with E-state index in [0.717, 1.165) is 0 Å². The van der Waals surface area contributed by atoms with Gasteiger partial charge in [-0.2, -0.15) is 0 Å². The highest BCUT2D eigenvalue weighted by molar-refractivity contribution is 7.16. The smallest absolute Gasteiger partial charge is 0.0524 e. The molecule has 0 bridgehead atoms. The van der Waals surface area contributed by atoms with E-state index in [2.05, 4.69) is 6.92 Å². The Kier molecular flexibility index (Phi) is 16.5. The fourth-order valence-corrected chi connectivity index (χ4v) is 0. The molecule has 0 saturated heterocycles. The zero-order valence-electron chi connectivity index (χ0n) is 3.50. The third kappa shape index (κ3) is 11.4. The molecular formula is C3H10BrP. The van der Waals surface area contributed by atoms with Gasteiger partial charge >= 0.3 is 0 Å². The maximum Gasteiger partial charge on any atom is 0.0524 e. The maximum atomic E-state index is 2.19. The third-order valence-electron chi connectivity index (χ3n) is 0.354. The molecule has 2 heteroatoms. The van der Waals surface area contributed by atoms with Gasteiger partial charge in [-0.15, -0.1) is 0 Å². The first-order chi connectivity index (χ1) is 1.91. The molecule has 0 aliphatic carbocycles. The third-order valence-corrected chi connectivity index (χ3v) is 1.06. The quantitative estimate of drug-likeness (QED) is 0.386. The molecule has 0 radical (unpaired) electrons. The van der Waals surface area contributed by atoms with Crippen LogP contribution in [0.25, 0.3) is 0 Å². The van der Waals surface area contributed by atoms with Gasteiger partial charge in [-0.1, -0.05) is 6.92 Å². The molecule has 0 aliphatic rings. The standard InChI is InChI=1S/C3H9P.BrH/c1-2-3-4;/h2-4H2,1H3;1H. The minimum absolute atomic E-state index is 0. The highest BCUT2D eigenvalue weighted by Gasteiger charge is 1.62. The summed E-state index contributed by atoms with van der Waals surface area (Å²) in [6, 6.07) is 0. The first-order valence-corrected chi connectivity index (χ1v) is 2.71. The van der Waals surface area contributed by atoms with Crippen LogP contribution in [0.4, 0.5) is 0 Å². The first-order valence-electron chi connectivity index (χ1n) is 1.71. The molecule has 0 spiro atoms. The van der Waals surface area contributed by atoms with Gasteiger partial charge in [-0.3, -0.25) is 0 Å². The van der Waals surface area contributed by atoms with Gasteiger partial charge in [0, 0.05) is 0 Å². The Bertz CT molecular complexity index is 8.85. The van der Waals surface area contributed by atoms with E-state index in [1.807, 2.05) is 9.24 Å². The molecule has 0 N–H and O–H groups in total. The average Bonchev–Trinajstić information content (AvgIpc) is 1.37. The summed E-state index contributed by atoms with van der Waals surface area (Å²) in [7, 11) is 2.02. The minimum atomic E-state index is 0. The van der Waals surface area contributed by atoms with Gasteiger partial charge in [-0.25, -0.2) is 0 Å². The molecule has 0 amide bonds. The van der Waals surface area contributed by atoms with E-state index < -0.39 is 0 Å². The monoisotopic (exact) mass is 156 g/mol. The molecule has 0 aliphatic heterocycles. The summed E-state index contributed by atoms with van der Waals surface area (Å²) >= 11 is 0. The first kappa shape index (κ1) is 9.32. The van der Waals surface area contributed by atoms with Crippen LogP contribution in [-0.4, -0.2) is 6.16 Å². The minimum Gasteiger partial charge on any atom is -1.00 e. The summed E-state index contributed by atoms with van der Waals surface area (Å²) in [6.07, 6.45) is 2.68. The van der Waals surface area contributed by atoms with E-state index in [1.54, 1.807) is 0 Å². The number of hydrogen-bond acceptors (Lipinski definition) is 0. The Morgan fingerprint density at radius 1 is 1.60 bits per heavy atom. The van der Waals surface area contributed by atoms with Crippen LogP contribution in [-0.2, 0) is 0 Å². The van der Waals surface area contributed by atoms with Crippen LogP contribution in [0.3, 0.4) is 0 Å². The highest BCUT2D eigenvalue weighted by atomic mass is 79.9. The van der Waals surface area contributed by atoms with E-state index in [1.165, 1.54) is 12.6 Å². The molecule has 0 rings (SSSR count). The SMILES string of the molecule is CCC[PH3+].[Br-]. The number of hydrogen-bond donors (Lipinski definition) is 0. The molecule has 0 aromatic heterocycles. The lowest BCUT2D eigenvalue weighted by molar-refractivity contribution is -0.000000867. The Morgan fingerprint density at radius 3 is 1.80 bits per heavy atom. The van der Waals surface area contributed by atoms with Gasteiger partial charge in [0.2, 0.25) is 0 Å². The predicted octanol–water partition coefficient (Wildman–Crippen LogP) is -1.99. The maximum absolute atomic E-state index is 2.19. The Hall–Kier alpha value is 0.910. The van der Waals surface area contributed by atoms with Crippen molar-refractivity contribution in [3.63, 3.8) is 0 Å². The second-order valence-electron chi connectivity index (χ2n) is 0.854. The van der Waals surface area contributed by atoms with Crippen LogP contribution in [0.15, 0.2) is 0 Å². The van der Waals surface area contributed by atoms with Gasteiger partial charge in [-0.05, 0) is 15.7 Å². The Morgan fingerprint density at radius 2 is 1.80 bits per heavy atom. The van der Waals surface area contributed by atoms with Crippen LogP contribution in [0, 0.1) is 0 Å². The van der Waals surface area contributed by atoms with Crippen molar-refractivity contribution in [2.75, 3.05) is 6.16 Å². The van der Waals surface area contributed by atoms with E-state index in [9.17, 15) is 0 Å². The lowest BCUT2D eigenvalue weighted by atomic mass is 10.6. The molecule has 0 fully saturated rings. The normalized spacial score (nSPS) is 6.60. The van der Waals surface area contributed by atoms with Crippen molar-refractivity contribution >= 4 is 9.24 Å². The van der Waals surface area contributed by atoms with Crippen LogP contribution < -0.4 is 17.0 Å². The average molecular weight is 157 g/mol.